The van der Waals surface area contributed by atoms with Crippen LogP contribution in [0.1, 0.15) is 13.8 Å². The molecular formula is C9H21N4O2PS2. The van der Waals surface area contributed by atoms with Crippen LogP contribution in [-0.2, 0) is 16.3 Å². The first-order chi connectivity index (χ1) is 7.93. The maximum absolute atomic E-state index is 9.18. The number of pyridine rings is 1. The van der Waals surface area contributed by atoms with Gasteiger partial charge in [-0.3, -0.25) is 0 Å². The van der Waals surface area contributed by atoms with Crippen LogP contribution in [0.4, 0.5) is 11.5 Å². The summed E-state index contributed by atoms with van der Waals surface area (Å²) in [5.74, 6) is 1.21. The van der Waals surface area contributed by atoms with E-state index in [2.05, 4.69) is 4.98 Å². The van der Waals surface area contributed by atoms with E-state index in [-0.39, 0.29) is 6.15 Å². The fraction of sp³-hybridized carbons (Fsp3) is 0.444. The summed E-state index contributed by atoms with van der Waals surface area (Å²) in [5.41, 5.74) is 8.71. The molecule has 0 spiro atoms. The molecule has 0 radical (unpaired) electrons. The van der Waals surface area contributed by atoms with Crippen LogP contribution in [-0.4, -0.2) is 22.2 Å². The van der Waals surface area contributed by atoms with Gasteiger partial charge in [-0.2, -0.15) is 0 Å². The van der Waals surface area contributed by atoms with Crippen molar-refractivity contribution in [2.24, 2.45) is 0 Å². The van der Waals surface area contributed by atoms with Crippen molar-refractivity contribution >= 4 is 40.4 Å². The minimum atomic E-state index is -2.44. The van der Waals surface area contributed by atoms with Crippen molar-refractivity contribution in [3.8, 4) is 0 Å². The Bertz CT molecular complexity index is 350. The summed E-state index contributed by atoms with van der Waals surface area (Å²) in [6.07, 6.45) is 1.60. The Morgan fingerprint density at radius 2 is 2.11 bits per heavy atom. The number of nitrogens with zero attached hydrogens (tertiary/aromatic N) is 1. The Hall–Kier alpha value is -0.370. The van der Waals surface area contributed by atoms with Gasteiger partial charge in [0, 0.05) is 6.20 Å². The molecule has 0 aliphatic heterocycles. The van der Waals surface area contributed by atoms with Crippen molar-refractivity contribution in [2.45, 2.75) is 13.8 Å². The average Bonchev–Trinajstić information content (AvgIpc) is 2.23. The fourth-order valence-corrected chi connectivity index (χ4v) is 4.30. The molecule has 1 aromatic heterocycles. The van der Waals surface area contributed by atoms with Gasteiger partial charge < -0.3 is 27.0 Å². The van der Waals surface area contributed by atoms with Gasteiger partial charge in [-0.05, 0) is 36.6 Å². The third-order valence-electron chi connectivity index (χ3n) is 1.46. The Balaban J connectivity index is 0. The Morgan fingerprint density at radius 3 is 2.44 bits per heavy atom. The van der Waals surface area contributed by atoms with Crippen LogP contribution in [0.25, 0.3) is 0 Å². The van der Waals surface area contributed by atoms with Gasteiger partial charge in [0.15, 0.2) is 0 Å². The van der Waals surface area contributed by atoms with Gasteiger partial charge in [-0.1, -0.05) is 18.3 Å². The van der Waals surface area contributed by atoms with Gasteiger partial charge in [-0.15, -0.1) is 0 Å². The Kier molecular flexibility index (Phi) is 11.7. The first-order valence-corrected chi connectivity index (χ1v) is 9.27. The van der Waals surface area contributed by atoms with Crippen molar-refractivity contribution in [1.82, 2.24) is 11.1 Å². The first-order valence-electron chi connectivity index (χ1n) is 5.00. The maximum atomic E-state index is 9.18. The molecular weight excluding hydrogens is 291 g/mol. The van der Waals surface area contributed by atoms with Crippen LogP contribution in [0.2, 0.25) is 0 Å². The normalized spacial score (nSPS) is 12.6. The largest absolute Gasteiger partial charge is 0.396 e. The van der Waals surface area contributed by atoms with E-state index in [0.29, 0.717) is 18.1 Å². The quantitative estimate of drug-likeness (QED) is 0.624. The average molecular weight is 312 g/mol. The van der Waals surface area contributed by atoms with E-state index in [1.807, 2.05) is 13.8 Å². The number of aromatic nitrogens is 1. The molecule has 0 saturated carbocycles. The summed E-state index contributed by atoms with van der Waals surface area (Å²) in [7, 11) is 0. The summed E-state index contributed by atoms with van der Waals surface area (Å²) in [6, 6.07) is 3.45. The molecule has 1 unspecified atom stereocenters. The van der Waals surface area contributed by atoms with E-state index in [1.54, 1.807) is 18.3 Å². The van der Waals surface area contributed by atoms with Crippen molar-refractivity contribution in [2.75, 3.05) is 23.8 Å². The van der Waals surface area contributed by atoms with Crippen LogP contribution in [0.5, 0.6) is 0 Å². The van der Waals surface area contributed by atoms with Crippen molar-refractivity contribution in [1.29, 1.82) is 0 Å². The van der Waals surface area contributed by atoms with E-state index in [0.717, 1.165) is 5.75 Å². The van der Waals surface area contributed by atoms with E-state index in [1.165, 1.54) is 11.4 Å². The molecule has 0 aliphatic carbocycles. The topological polar surface area (TPSA) is 129 Å². The van der Waals surface area contributed by atoms with Gasteiger partial charge in [0.2, 0.25) is 5.69 Å². The monoisotopic (exact) mass is 312 g/mol. The molecule has 0 bridgehead atoms. The fourth-order valence-electron chi connectivity index (χ4n) is 0.794. The number of rotatable bonds is 4. The predicted octanol–water partition coefficient (Wildman–Crippen LogP) is 2.40. The highest BCUT2D eigenvalue weighted by Crippen LogP contribution is 2.55. The third-order valence-corrected chi connectivity index (χ3v) is 5.96. The van der Waals surface area contributed by atoms with Gasteiger partial charge >= 0.3 is 0 Å². The van der Waals surface area contributed by atoms with Gasteiger partial charge in [0.25, 0.3) is 0 Å². The lowest BCUT2D eigenvalue weighted by Crippen LogP contribution is -1.95. The smallest absolute Gasteiger partial charge is 0.244 e. The molecule has 0 fully saturated rings. The molecule has 1 rings (SSSR count). The van der Waals surface area contributed by atoms with Gasteiger partial charge in [-0.25, -0.2) is 4.98 Å². The molecule has 1 aromatic rings. The molecule has 0 amide bonds. The summed E-state index contributed by atoms with van der Waals surface area (Å²) < 4.78 is 4.91. The van der Waals surface area contributed by atoms with Crippen LogP contribution >= 0.6 is 17.1 Å². The lowest BCUT2D eigenvalue weighted by Gasteiger charge is -2.11. The van der Waals surface area contributed by atoms with Crippen molar-refractivity contribution in [3.63, 3.8) is 0 Å². The number of anilines is 2. The third kappa shape index (κ3) is 9.64. The molecule has 106 valence electrons. The number of hydrogen-bond donors (Lipinski definition) is 4. The second-order valence-corrected chi connectivity index (χ2v) is 9.25. The number of nitrogen functional groups attached to an aromatic ring is 2. The zero-order chi connectivity index (χ0) is 13.3. The van der Waals surface area contributed by atoms with Gasteiger partial charge in [0.1, 0.15) is 5.82 Å². The van der Waals surface area contributed by atoms with Gasteiger partial charge in [0.05, 0.1) is 12.3 Å². The van der Waals surface area contributed by atoms with Crippen LogP contribution < -0.4 is 17.6 Å². The molecule has 0 aromatic carbocycles. The van der Waals surface area contributed by atoms with E-state index in [4.69, 9.17) is 27.8 Å². The molecule has 6 nitrogen and oxygen atoms in total. The second kappa shape index (κ2) is 10.5. The van der Waals surface area contributed by atoms with Crippen LogP contribution in [0, 0.1) is 0 Å². The molecule has 0 aliphatic rings. The maximum Gasteiger partial charge on any atom is 0.244 e. The Morgan fingerprint density at radius 1 is 1.50 bits per heavy atom. The molecule has 0 saturated heterocycles. The van der Waals surface area contributed by atoms with Crippen molar-refractivity contribution in [3.05, 3.63) is 18.3 Å². The first kappa shape index (κ1) is 20.0. The molecule has 1 heterocycles. The van der Waals surface area contributed by atoms with Crippen LogP contribution in [0.15, 0.2) is 18.3 Å². The minimum Gasteiger partial charge on any atom is -0.396 e. The highest BCUT2D eigenvalue weighted by molar-refractivity contribution is 8.67. The predicted molar refractivity (Wildman–Crippen MR) is 84.3 cm³/mol. The highest BCUT2D eigenvalue weighted by Gasteiger charge is 2.10. The van der Waals surface area contributed by atoms with E-state index >= 15 is 0 Å². The molecule has 18 heavy (non-hydrogen) atoms. The standard InChI is InChI=1S/C5H7N3.C4H11O2PS2.H3N/c6-4-2-1-3-8-5(4)7;1-3-6-7(5,8)9-4-2;/h1-3H,6H2,(H2,7,8);3-4H2,1-2H3,(H,5,8);1H3. The van der Waals surface area contributed by atoms with E-state index in [9.17, 15) is 4.89 Å². The molecule has 8 N–H and O–H groups in total. The summed E-state index contributed by atoms with van der Waals surface area (Å²) in [5, 5.41) is 0. The van der Waals surface area contributed by atoms with Crippen molar-refractivity contribution < 1.29 is 9.42 Å². The summed E-state index contributed by atoms with van der Waals surface area (Å²) in [4.78, 5) is 12.9. The number of nitrogens with two attached hydrogens (primary N) is 2. The van der Waals surface area contributed by atoms with Crippen LogP contribution in [0.3, 0.4) is 0 Å². The Labute approximate surface area is 117 Å². The summed E-state index contributed by atoms with van der Waals surface area (Å²) >= 11 is 6.07. The molecule has 9 heteroatoms. The zero-order valence-corrected chi connectivity index (χ0v) is 13.1. The lowest BCUT2D eigenvalue weighted by atomic mass is 10.4. The number of hydrogen-bond acceptors (Lipinski definition) is 7. The lowest BCUT2D eigenvalue weighted by molar-refractivity contribution is 0.341. The minimum absolute atomic E-state index is 0. The highest BCUT2D eigenvalue weighted by atomic mass is 32.9. The zero-order valence-electron chi connectivity index (χ0n) is 10.6. The second-order valence-electron chi connectivity index (χ2n) is 2.78. The summed E-state index contributed by atoms with van der Waals surface area (Å²) in [6.45, 7) is 4.27. The SMILES string of the molecule is CCOP(O)(=S)SCC.N.Nc1cccnc1N. The van der Waals surface area contributed by atoms with E-state index < -0.39 is 5.69 Å². The molecule has 1 atom stereocenters.